The number of amides is 2. The van der Waals surface area contributed by atoms with Crippen LogP contribution >= 0.6 is 0 Å². The Bertz CT molecular complexity index is 987. The highest BCUT2D eigenvalue weighted by molar-refractivity contribution is 5.95. The third-order valence-corrected chi connectivity index (χ3v) is 4.78. The third-order valence-electron chi connectivity index (χ3n) is 4.78. The van der Waals surface area contributed by atoms with Crippen molar-refractivity contribution in [3.63, 3.8) is 0 Å². The molecule has 0 aliphatic carbocycles. The number of nitrogens with one attached hydrogen (secondary N) is 3. The number of benzene rings is 3. The van der Waals surface area contributed by atoms with E-state index in [1.165, 1.54) is 5.56 Å². The highest BCUT2D eigenvalue weighted by Gasteiger charge is 2.06. The minimum Gasteiger partial charge on any atom is -0.493 e. The predicted molar refractivity (Wildman–Crippen MR) is 128 cm³/mol. The lowest BCUT2D eigenvalue weighted by atomic mass is 10.2. The maximum atomic E-state index is 12.2. The first-order valence-electron chi connectivity index (χ1n) is 10.8. The van der Waals surface area contributed by atoms with Crippen LogP contribution in [-0.2, 0) is 11.2 Å². The van der Waals surface area contributed by atoms with Crippen LogP contribution in [0.2, 0.25) is 0 Å². The van der Waals surface area contributed by atoms with Gasteiger partial charge in [0.1, 0.15) is 5.75 Å². The van der Waals surface area contributed by atoms with Crippen LogP contribution in [0, 0.1) is 0 Å². The first-order chi connectivity index (χ1) is 15.6. The van der Waals surface area contributed by atoms with Crippen molar-refractivity contribution >= 4 is 23.2 Å². The van der Waals surface area contributed by atoms with E-state index < -0.39 is 0 Å². The van der Waals surface area contributed by atoms with E-state index in [-0.39, 0.29) is 18.4 Å². The van der Waals surface area contributed by atoms with Gasteiger partial charge < -0.3 is 20.7 Å². The molecule has 0 fully saturated rings. The monoisotopic (exact) mass is 431 g/mol. The van der Waals surface area contributed by atoms with Crippen molar-refractivity contribution < 1.29 is 14.3 Å². The van der Waals surface area contributed by atoms with Gasteiger partial charge in [-0.15, -0.1) is 0 Å². The zero-order valence-electron chi connectivity index (χ0n) is 18.3. The Morgan fingerprint density at radius 3 is 2.22 bits per heavy atom. The number of carbonyl (C=O) groups excluding carboxylic acids is 2. The highest BCUT2D eigenvalue weighted by atomic mass is 16.5. The van der Waals surface area contributed by atoms with Crippen molar-refractivity contribution in [3.8, 4) is 5.75 Å². The van der Waals surface area contributed by atoms with Crippen molar-refractivity contribution in [2.45, 2.75) is 19.8 Å². The lowest BCUT2D eigenvalue weighted by Gasteiger charge is -2.10. The summed E-state index contributed by atoms with van der Waals surface area (Å²) in [6.07, 6.45) is 1.74. The minimum atomic E-state index is -0.160. The number of ether oxygens (including phenoxy) is 1. The van der Waals surface area contributed by atoms with Crippen molar-refractivity contribution in [1.82, 2.24) is 5.32 Å². The average molecular weight is 432 g/mol. The quantitative estimate of drug-likeness (QED) is 0.418. The van der Waals surface area contributed by atoms with Gasteiger partial charge in [-0.2, -0.15) is 0 Å². The summed E-state index contributed by atoms with van der Waals surface area (Å²) < 4.78 is 5.77. The molecule has 0 heterocycles. The fraction of sp³-hybridized carbons (Fsp3) is 0.231. The molecule has 3 aromatic carbocycles. The molecule has 6 heteroatoms. The Kier molecular flexibility index (Phi) is 8.69. The molecule has 6 nitrogen and oxygen atoms in total. The van der Waals surface area contributed by atoms with Gasteiger partial charge in [0.05, 0.1) is 13.2 Å². The maximum absolute atomic E-state index is 12.2. The second-order valence-electron chi connectivity index (χ2n) is 7.34. The molecule has 0 bridgehead atoms. The molecule has 32 heavy (non-hydrogen) atoms. The lowest BCUT2D eigenvalue weighted by Crippen LogP contribution is -2.24. The topological polar surface area (TPSA) is 79.5 Å². The van der Waals surface area contributed by atoms with Gasteiger partial charge in [0.2, 0.25) is 5.91 Å². The molecule has 0 unspecified atom stereocenters. The van der Waals surface area contributed by atoms with Gasteiger partial charge in [0.25, 0.3) is 5.91 Å². The number of hydrogen-bond acceptors (Lipinski definition) is 4. The summed E-state index contributed by atoms with van der Waals surface area (Å²) in [4.78, 5) is 24.2. The van der Waals surface area contributed by atoms with Crippen LogP contribution in [-0.4, -0.2) is 31.5 Å². The Balaban J connectivity index is 1.39. The second kappa shape index (κ2) is 12.2. The Hall–Kier alpha value is -3.80. The molecule has 0 atom stereocenters. The van der Waals surface area contributed by atoms with Gasteiger partial charge in [0.15, 0.2) is 0 Å². The zero-order chi connectivity index (χ0) is 22.6. The third kappa shape index (κ3) is 7.47. The predicted octanol–water partition coefficient (Wildman–Crippen LogP) is 4.50. The fourth-order valence-electron chi connectivity index (χ4n) is 3.03. The molecule has 3 rings (SSSR count). The minimum absolute atomic E-state index is 0.0939. The van der Waals surface area contributed by atoms with Crippen LogP contribution < -0.4 is 20.7 Å². The number of anilines is 2. The van der Waals surface area contributed by atoms with E-state index in [1.807, 2.05) is 49.4 Å². The zero-order valence-corrected chi connectivity index (χ0v) is 18.3. The molecule has 0 spiro atoms. The summed E-state index contributed by atoms with van der Waals surface area (Å²) in [6.45, 7) is 3.38. The van der Waals surface area contributed by atoms with Gasteiger partial charge in [-0.25, -0.2) is 0 Å². The van der Waals surface area contributed by atoms with E-state index in [9.17, 15) is 9.59 Å². The van der Waals surface area contributed by atoms with Crippen LogP contribution in [0.15, 0.2) is 78.9 Å². The molecular formula is C26H29N3O3. The number of carbonyl (C=O) groups is 2. The van der Waals surface area contributed by atoms with Crippen LogP contribution in [0.4, 0.5) is 11.4 Å². The molecular weight excluding hydrogens is 402 g/mol. The van der Waals surface area contributed by atoms with Gasteiger partial charge in [0, 0.05) is 29.9 Å². The maximum Gasteiger partial charge on any atom is 0.251 e. The summed E-state index contributed by atoms with van der Waals surface area (Å²) >= 11 is 0. The van der Waals surface area contributed by atoms with E-state index in [0.29, 0.717) is 24.4 Å². The first-order valence-corrected chi connectivity index (χ1v) is 10.8. The number of hydrogen-bond donors (Lipinski definition) is 3. The van der Waals surface area contributed by atoms with Crippen molar-refractivity contribution in [1.29, 1.82) is 0 Å². The van der Waals surface area contributed by atoms with Gasteiger partial charge in [-0.3, -0.25) is 9.59 Å². The van der Waals surface area contributed by atoms with Crippen molar-refractivity contribution in [3.05, 3.63) is 90.0 Å². The Labute approximate surface area is 189 Å². The van der Waals surface area contributed by atoms with Crippen LogP contribution in [0.25, 0.3) is 0 Å². The largest absolute Gasteiger partial charge is 0.493 e. The molecule has 0 radical (unpaired) electrons. The molecule has 3 aromatic rings. The molecule has 166 valence electrons. The van der Waals surface area contributed by atoms with Gasteiger partial charge in [-0.05, 0) is 60.5 Å². The summed E-state index contributed by atoms with van der Waals surface area (Å²) in [6, 6.07) is 24.6. The molecule has 0 aliphatic rings. The van der Waals surface area contributed by atoms with E-state index in [2.05, 4.69) is 28.1 Å². The molecule has 0 aromatic heterocycles. The molecule has 0 aliphatic heterocycles. The smallest absolute Gasteiger partial charge is 0.251 e. The van der Waals surface area contributed by atoms with Crippen molar-refractivity contribution in [2.75, 3.05) is 30.3 Å². The highest BCUT2D eigenvalue weighted by Crippen LogP contribution is 2.16. The fourth-order valence-corrected chi connectivity index (χ4v) is 3.03. The summed E-state index contributed by atoms with van der Waals surface area (Å²) in [5, 5.41) is 8.75. The van der Waals surface area contributed by atoms with Crippen LogP contribution in [0.1, 0.15) is 29.3 Å². The molecule has 0 saturated carbocycles. The number of rotatable bonds is 11. The lowest BCUT2D eigenvalue weighted by molar-refractivity contribution is -0.114. The normalized spacial score (nSPS) is 10.3. The van der Waals surface area contributed by atoms with Crippen LogP contribution in [0.3, 0.4) is 0 Å². The molecule has 2 amide bonds. The van der Waals surface area contributed by atoms with E-state index in [1.54, 1.807) is 24.3 Å². The molecule has 3 N–H and O–H groups in total. The van der Waals surface area contributed by atoms with E-state index >= 15 is 0 Å². The Morgan fingerprint density at radius 2 is 1.53 bits per heavy atom. The first kappa shape index (κ1) is 22.9. The SMILES string of the molecule is CCCNC(=O)c1ccc(NCC(=O)Nc2ccc(OCCc3ccccc3)cc2)cc1. The molecule has 0 saturated heterocycles. The van der Waals surface area contributed by atoms with E-state index in [4.69, 9.17) is 4.74 Å². The van der Waals surface area contributed by atoms with Gasteiger partial charge in [-0.1, -0.05) is 37.3 Å². The standard InChI is InChI=1S/C26H29N3O3/c1-2-17-27-26(31)21-8-10-22(11-9-21)28-19-25(30)29-23-12-14-24(15-13-23)32-18-16-20-6-4-3-5-7-20/h3-15,28H,2,16-19H2,1H3,(H,27,31)(H,29,30). The average Bonchev–Trinajstić information content (AvgIpc) is 2.83. The second-order valence-corrected chi connectivity index (χ2v) is 7.34. The Morgan fingerprint density at radius 1 is 0.844 bits per heavy atom. The van der Waals surface area contributed by atoms with Crippen molar-refractivity contribution in [2.24, 2.45) is 0 Å². The summed E-state index contributed by atoms with van der Waals surface area (Å²) in [5.41, 5.74) is 3.31. The summed E-state index contributed by atoms with van der Waals surface area (Å²) in [5.74, 6) is 0.510. The van der Waals surface area contributed by atoms with Crippen LogP contribution in [0.5, 0.6) is 5.75 Å². The summed E-state index contributed by atoms with van der Waals surface area (Å²) in [7, 11) is 0. The van der Waals surface area contributed by atoms with E-state index in [0.717, 1.165) is 24.3 Å². The van der Waals surface area contributed by atoms with Gasteiger partial charge >= 0.3 is 0 Å².